The van der Waals surface area contributed by atoms with Gasteiger partial charge in [0.1, 0.15) is 0 Å². The van der Waals surface area contributed by atoms with Crippen molar-refractivity contribution in [1.29, 1.82) is 0 Å². The first-order chi connectivity index (χ1) is 3.93. The molecule has 0 aromatic heterocycles. The summed E-state index contributed by atoms with van der Waals surface area (Å²) in [5.41, 5.74) is 0. The van der Waals surface area contributed by atoms with Crippen molar-refractivity contribution in [3.05, 3.63) is 0 Å². The average Bonchev–Trinajstić information content (AvgIpc) is 2.19. The van der Waals surface area contributed by atoms with Crippen molar-refractivity contribution < 1.29 is 0 Å². The summed E-state index contributed by atoms with van der Waals surface area (Å²) in [6.45, 7) is 1.22. The van der Waals surface area contributed by atoms with E-state index in [9.17, 15) is 0 Å². The lowest BCUT2D eigenvalue weighted by atomic mass is 10.1. The Morgan fingerprint density at radius 2 is 2.62 bits per heavy atom. The van der Waals surface area contributed by atoms with E-state index in [1.807, 2.05) is 7.05 Å². The van der Waals surface area contributed by atoms with Crippen LogP contribution < -0.4 is 5.32 Å². The van der Waals surface area contributed by atoms with Gasteiger partial charge in [0, 0.05) is 0 Å². The maximum Gasteiger partial charge on any atom is -0.00153 e. The van der Waals surface area contributed by atoms with Crippen molar-refractivity contribution in [3.8, 4) is 0 Å². The maximum absolute atomic E-state index is 3.20. The molecular formula is C6H13NS. The van der Waals surface area contributed by atoms with Gasteiger partial charge in [0.25, 0.3) is 0 Å². The van der Waals surface area contributed by atoms with Gasteiger partial charge in [0.05, 0.1) is 0 Å². The number of thioether (sulfide) groups is 1. The normalized spacial score (nSPS) is 28.9. The van der Waals surface area contributed by atoms with Crippen molar-refractivity contribution in [3.63, 3.8) is 0 Å². The molecule has 48 valence electrons. The van der Waals surface area contributed by atoms with Crippen LogP contribution in [-0.4, -0.2) is 25.1 Å². The molecule has 0 unspecified atom stereocenters. The molecule has 1 atom stereocenters. The van der Waals surface area contributed by atoms with Gasteiger partial charge in [-0.25, -0.2) is 0 Å². The summed E-state index contributed by atoms with van der Waals surface area (Å²) in [5.74, 6) is 3.72. The summed E-state index contributed by atoms with van der Waals surface area (Å²) >= 11 is 2.08. The second kappa shape index (κ2) is 3.36. The Morgan fingerprint density at radius 1 is 1.75 bits per heavy atom. The summed E-state index contributed by atoms with van der Waals surface area (Å²) < 4.78 is 0. The van der Waals surface area contributed by atoms with Gasteiger partial charge in [-0.05, 0) is 37.4 Å². The van der Waals surface area contributed by atoms with E-state index in [2.05, 4.69) is 17.1 Å². The van der Waals surface area contributed by atoms with Gasteiger partial charge < -0.3 is 5.32 Å². The van der Waals surface area contributed by atoms with Gasteiger partial charge >= 0.3 is 0 Å². The van der Waals surface area contributed by atoms with Crippen LogP contribution >= 0.6 is 11.8 Å². The number of hydrogen-bond donors (Lipinski definition) is 1. The van der Waals surface area contributed by atoms with Crippen LogP contribution in [0.1, 0.15) is 6.42 Å². The molecule has 0 spiro atoms. The number of rotatable bonds is 2. The Morgan fingerprint density at radius 3 is 3.12 bits per heavy atom. The largest absolute Gasteiger partial charge is 0.319 e. The van der Waals surface area contributed by atoms with Crippen molar-refractivity contribution in [1.82, 2.24) is 5.32 Å². The first kappa shape index (κ1) is 6.43. The lowest BCUT2D eigenvalue weighted by Crippen LogP contribution is -2.17. The van der Waals surface area contributed by atoms with Crippen molar-refractivity contribution in [2.75, 3.05) is 25.1 Å². The van der Waals surface area contributed by atoms with Crippen molar-refractivity contribution >= 4 is 11.8 Å². The van der Waals surface area contributed by atoms with Gasteiger partial charge in [0.2, 0.25) is 0 Å². The molecule has 1 aliphatic rings. The molecule has 1 fully saturated rings. The third-order valence-electron chi connectivity index (χ3n) is 1.52. The lowest BCUT2D eigenvalue weighted by Gasteiger charge is -2.03. The number of nitrogens with one attached hydrogen (secondary N) is 1. The highest BCUT2D eigenvalue weighted by Gasteiger charge is 2.13. The molecule has 2 heteroatoms. The third kappa shape index (κ3) is 1.67. The van der Waals surface area contributed by atoms with Gasteiger partial charge in [-0.2, -0.15) is 11.8 Å². The Balaban J connectivity index is 2.06. The van der Waals surface area contributed by atoms with Crippen LogP contribution in [0.3, 0.4) is 0 Å². The van der Waals surface area contributed by atoms with E-state index >= 15 is 0 Å². The summed E-state index contributed by atoms with van der Waals surface area (Å²) in [6, 6.07) is 0. The minimum atomic E-state index is 0.963. The fourth-order valence-electron chi connectivity index (χ4n) is 1.03. The molecule has 1 aliphatic heterocycles. The molecule has 0 radical (unpaired) electrons. The van der Waals surface area contributed by atoms with Crippen LogP contribution in [0, 0.1) is 5.92 Å². The van der Waals surface area contributed by atoms with E-state index in [0.29, 0.717) is 0 Å². The number of hydrogen-bond acceptors (Lipinski definition) is 2. The topological polar surface area (TPSA) is 12.0 Å². The van der Waals surface area contributed by atoms with E-state index in [-0.39, 0.29) is 0 Å². The highest BCUT2D eigenvalue weighted by molar-refractivity contribution is 7.99. The maximum atomic E-state index is 3.20. The quantitative estimate of drug-likeness (QED) is 0.599. The predicted molar refractivity (Wildman–Crippen MR) is 39.4 cm³/mol. The Kier molecular flexibility index (Phi) is 2.70. The Bertz CT molecular complexity index is 59.5. The molecule has 1 rings (SSSR count). The predicted octanol–water partition coefficient (Wildman–Crippen LogP) is 0.959. The summed E-state index contributed by atoms with van der Waals surface area (Å²) in [6.07, 6.45) is 1.42. The molecule has 1 nitrogen and oxygen atoms in total. The van der Waals surface area contributed by atoms with E-state index < -0.39 is 0 Å². The van der Waals surface area contributed by atoms with Gasteiger partial charge in [-0.1, -0.05) is 0 Å². The molecule has 0 aromatic rings. The van der Waals surface area contributed by atoms with Gasteiger partial charge in [-0.15, -0.1) is 0 Å². The van der Waals surface area contributed by atoms with Crippen molar-refractivity contribution in [2.45, 2.75) is 6.42 Å². The zero-order chi connectivity index (χ0) is 5.82. The van der Waals surface area contributed by atoms with E-state index in [0.717, 1.165) is 5.92 Å². The second-order valence-corrected chi connectivity index (χ2v) is 3.44. The zero-order valence-electron chi connectivity index (χ0n) is 5.31. The molecule has 0 aromatic carbocycles. The van der Waals surface area contributed by atoms with Gasteiger partial charge in [-0.3, -0.25) is 0 Å². The van der Waals surface area contributed by atoms with Crippen LogP contribution in [0.25, 0.3) is 0 Å². The smallest absolute Gasteiger partial charge is 0.00153 e. The molecule has 1 heterocycles. The highest BCUT2D eigenvalue weighted by atomic mass is 32.2. The summed E-state index contributed by atoms with van der Waals surface area (Å²) in [7, 11) is 2.03. The van der Waals surface area contributed by atoms with E-state index in [4.69, 9.17) is 0 Å². The molecule has 8 heavy (non-hydrogen) atoms. The fourth-order valence-corrected chi connectivity index (χ4v) is 2.32. The molecule has 0 amide bonds. The Hall–Kier alpha value is 0.310. The summed E-state index contributed by atoms with van der Waals surface area (Å²) in [5, 5.41) is 3.20. The molecule has 0 aliphatic carbocycles. The van der Waals surface area contributed by atoms with Crippen LogP contribution in [0.5, 0.6) is 0 Å². The van der Waals surface area contributed by atoms with Gasteiger partial charge in [0.15, 0.2) is 0 Å². The lowest BCUT2D eigenvalue weighted by molar-refractivity contribution is 0.557. The highest BCUT2D eigenvalue weighted by Crippen LogP contribution is 2.22. The zero-order valence-corrected chi connectivity index (χ0v) is 6.13. The van der Waals surface area contributed by atoms with Crippen LogP contribution in [0.4, 0.5) is 0 Å². The molecular weight excluding hydrogens is 118 g/mol. The minimum absolute atomic E-state index is 0.963. The van der Waals surface area contributed by atoms with Crippen LogP contribution in [-0.2, 0) is 0 Å². The second-order valence-electron chi connectivity index (χ2n) is 2.29. The first-order valence-corrected chi connectivity index (χ1v) is 4.31. The Labute approximate surface area is 55.2 Å². The molecule has 1 N–H and O–H groups in total. The monoisotopic (exact) mass is 131 g/mol. The average molecular weight is 131 g/mol. The molecule has 0 bridgehead atoms. The minimum Gasteiger partial charge on any atom is -0.319 e. The van der Waals surface area contributed by atoms with Crippen LogP contribution in [0.2, 0.25) is 0 Å². The SMILES string of the molecule is CNC[C@H]1CCSC1. The van der Waals surface area contributed by atoms with E-state index in [1.54, 1.807) is 0 Å². The third-order valence-corrected chi connectivity index (χ3v) is 2.75. The fraction of sp³-hybridized carbons (Fsp3) is 1.00. The summed E-state index contributed by atoms with van der Waals surface area (Å²) in [4.78, 5) is 0. The van der Waals surface area contributed by atoms with Crippen molar-refractivity contribution in [2.24, 2.45) is 5.92 Å². The first-order valence-electron chi connectivity index (χ1n) is 3.16. The van der Waals surface area contributed by atoms with E-state index in [1.165, 1.54) is 24.5 Å². The standard InChI is InChI=1S/C6H13NS/c1-7-4-6-2-3-8-5-6/h6-7H,2-5H2,1H3/t6-/m1/s1. The molecule has 0 saturated carbocycles. The molecule has 1 saturated heterocycles. The van der Waals surface area contributed by atoms with Crippen LogP contribution in [0.15, 0.2) is 0 Å².